The lowest BCUT2D eigenvalue weighted by atomic mass is 10.1. The first kappa shape index (κ1) is 16.0. The minimum absolute atomic E-state index is 0.418. The fourth-order valence-electron chi connectivity index (χ4n) is 1.61. The van der Waals surface area contributed by atoms with E-state index in [1.54, 1.807) is 7.11 Å². The van der Waals surface area contributed by atoms with Crippen molar-refractivity contribution in [2.75, 3.05) is 20.3 Å². The van der Waals surface area contributed by atoms with E-state index in [9.17, 15) is 0 Å². The fraction of sp³-hybridized carbons (Fsp3) is 0.571. The van der Waals surface area contributed by atoms with Crippen molar-refractivity contribution in [3.63, 3.8) is 0 Å². The highest BCUT2D eigenvalue weighted by atomic mass is 79.9. The molecule has 0 fully saturated rings. The van der Waals surface area contributed by atoms with Crippen LogP contribution in [-0.4, -0.2) is 20.3 Å². The van der Waals surface area contributed by atoms with Gasteiger partial charge in [-0.2, -0.15) is 0 Å². The Labute approximate surface area is 126 Å². The summed E-state index contributed by atoms with van der Waals surface area (Å²) < 4.78 is 11.6. The van der Waals surface area contributed by atoms with Gasteiger partial charge in [0.1, 0.15) is 12.4 Å². The van der Waals surface area contributed by atoms with Gasteiger partial charge in [-0.15, -0.1) is 0 Å². The van der Waals surface area contributed by atoms with E-state index < -0.39 is 0 Å². The van der Waals surface area contributed by atoms with Gasteiger partial charge in [-0.05, 0) is 40.0 Å². The lowest BCUT2D eigenvalue weighted by Gasteiger charge is -2.13. The molecule has 0 N–H and O–H groups in total. The van der Waals surface area contributed by atoms with Crippen LogP contribution in [0.3, 0.4) is 0 Å². The molecule has 2 nitrogen and oxygen atoms in total. The van der Waals surface area contributed by atoms with Gasteiger partial charge in [-0.25, -0.2) is 0 Å². The van der Waals surface area contributed by atoms with Crippen LogP contribution in [0.5, 0.6) is 5.75 Å². The minimum atomic E-state index is 0.418. The lowest BCUT2D eigenvalue weighted by Crippen LogP contribution is -2.04. The van der Waals surface area contributed by atoms with Crippen LogP contribution in [0.1, 0.15) is 36.6 Å². The molecule has 0 saturated heterocycles. The van der Waals surface area contributed by atoms with Crippen molar-refractivity contribution in [2.45, 2.75) is 31.0 Å². The van der Waals surface area contributed by atoms with E-state index in [2.05, 4.69) is 50.9 Å². The van der Waals surface area contributed by atoms with E-state index in [4.69, 9.17) is 9.47 Å². The highest BCUT2D eigenvalue weighted by molar-refractivity contribution is 9.10. The molecule has 0 radical (unpaired) electrons. The molecular formula is C14H20Br2O2. The van der Waals surface area contributed by atoms with Crippen molar-refractivity contribution < 1.29 is 9.47 Å². The van der Waals surface area contributed by atoms with Crippen molar-refractivity contribution in [1.29, 1.82) is 0 Å². The van der Waals surface area contributed by atoms with Gasteiger partial charge in [0.15, 0.2) is 0 Å². The summed E-state index contributed by atoms with van der Waals surface area (Å²) >= 11 is 7.28. The average Bonchev–Trinajstić information content (AvgIpc) is 2.38. The Morgan fingerprint density at radius 3 is 2.67 bits per heavy atom. The second kappa shape index (κ2) is 8.94. The molecule has 102 valence electrons. The van der Waals surface area contributed by atoms with Crippen LogP contribution in [0.2, 0.25) is 0 Å². The van der Waals surface area contributed by atoms with E-state index in [1.165, 1.54) is 18.4 Å². The highest BCUT2D eigenvalue weighted by Gasteiger charge is 2.09. The molecule has 4 heteroatoms. The van der Waals surface area contributed by atoms with Crippen molar-refractivity contribution in [1.82, 2.24) is 0 Å². The molecule has 0 aliphatic rings. The number of unbranched alkanes of at least 4 members (excludes halogenated alkanes) is 1. The Kier molecular flexibility index (Phi) is 7.95. The maximum atomic E-state index is 5.61. The zero-order chi connectivity index (χ0) is 13.4. The van der Waals surface area contributed by atoms with Gasteiger partial charge in [0.2, 0.25) is 0 Å². The molecule has 0 aliphatic heterocycles. The molecule has 0 aromatic heterocycles. The van der Waals surface area contributed by atoms with Crippen LogP contribution < -0.4 is 4.74 Å². The molecule has 1 aromatic rings. The van der Waals surface area contributed by atoms with Gasteiger partial charge in [0.25, 0.3) is 0 Å². The molecule has 0 bridgehead atoms. The quantitative estimate of drug-likeness (QED) is 0.462. The molecule has 1 rings (SSSR count). The van der Waals surface area contributed by atoms with Gasteiger partial charge in [-0.1, -0.05) is 41.8 Å². The van der Waals surface area contributed by atoms with Crippen molar-refractivity contribution in [3.8, 4) is 5.75 Å². The predicted molar refractivity (Wildman–Crippen MR) is 82.7 cm³/mol. The first-order valence-electron chi connectivity index (χ1n) is 6.24. The van der Waals surface area contributed by atoms with Crippen molar-refractivity contribution in [2.24, 2.45) is 0 Å². The predicted octanol–water partition coefficient (Wildman–Crippen LogP) is 5.10. The molecule has 18 heavy (non-hydrogen) atoms. The maximum Gasteiger partial charge on any atom is 0.133 e. The normalized spacial score (nSPS) is 12.4. The Bertz CT molecular complexity index is 356. The van der Waals surface area contributed by atoms with Crippen LogP contribution in [0.15, 0.2) is 22.7 Å². The number of methoxy groups -OCH3 is 1. The smallest absolute Gasteiger partial charge is 0.133 e. The highest BCUT2D eigenvalue weighted by Crippen LogP contribution is 2.34. The van der Waals surface area contributed by atoms with Gasteiger partial charge in [-0.3, -0.25) is 0 Å². The zero-order valence-corrected chi connectivity index (χ0v) is 14.1. The molecule has 0 spiro atoms. The third-order valence-corrected chi connectivity index (χ3v) is 4.28. The number of hydrogen-bond acceptors (Lipinski definition) is 2. The van der Waals surface area contributed by atoms with Crippen LogP contribution in [-0.2, 0) is 4.74 Å². The van der Waals surface area contributed by atoms with Crippen LogP contribution in [0.4, 0.5) is 0 Å². The number of hydrogen-bond donors (Lipinski definition) is 0. The largest absolute Gasteiger partial charge is 0.490 e. The first-order valence-corrected chi connectivity index (χ1v) is 7.95. The first-order chi connectivity index (χ1) is 8.69. The van der Waals surface area contributed by atoms with Crippen LogP contribution in [0.25, 0.3) is 0 Å². The molecule has 1 aromatic carbocycles. The number of alkyl halides is 1. The summed E-state index contributed by atoms with van der Waals surface area (Å²) in [5, 5.41) is 0. The van der Waals surface area contributed by atoms with E-state index in [-0.39, 0.29) is 0 Å². The third kappa shape index (κ3) is 5.29. The topological polar surface area (TPSA) is 18.5 Å². The van der Waals surface area contributed by atoms with Crippen LogP contribution in [0, 0.1) is 0 Å². The van der Waals surface area contributed by atoms with Crippen LogP contribution >= 0.6 is 31.9 Å². The molecule has 0 amide bonds. The van der Waals surface area contributed by atoms with E-state index in [0.29, 0.717) is 18.0 Å². The lowest BCUT2D eigenvalue weighted by molar-refractivity contribution is 0.146. The summed E-state index contributed by atoms with van der Waals surface area (Å²) in [5.41, 5.74) is 1.29. The summed E-state index contributed by atoms with van der Waals surface area (Å²) in [4.78, 5) is 0.418. The number of rotatable bonds is 8. The fourth-order valence-corrected chi connectivity index (χ4v) is 2.73. The number of halogens is 2. The maximum absolute atomic E-state index is 5.61. The Morgan fingerprint density at radius 2 is 2.06 bits per heavy atom. The number of benzene rings is 1. The summed E-state index contributed by atoms with van der Waals surface area (Å²) in [7, 11) is 1.67. The van der Waals surface area contributed by atoms with Crippen molar-refractivity contribution in [3.05, 3.63) is 28.2 Å². The standard InChI is InChI=1S/C14H20Br2O2/c1-3-4-5-12(15)11-6-7-14(13(16)10-11)18-9-8-17-2/h6-7,10,12H,3-5,8-9H2,1-2H3. The monoisotopic (exact) mass is 378 g/mol. The second-order valence-electron chi connectivity index (χ2n) is 4.14. The molecular weight excluding hydrogens is 360 g/mol. The molecule has 0 aliphatic carbocycles. The van der Waals surface area contributed by atoms with E-state index in [1.807, 2.05) is 6.07 Å². The third-order valence-electron chi connectivity index (χ3n) is 2.67. The Hall–Kier alpha value is -0.0600. The summed E-state index contributed by atoms with van der Waals surface area (Å²) in [6.07, 6.45) is 3.62. The van der Waals surface area contributed by atoms with Gasteiger partial charge >= 0.3 is 0 Å². The van der Waals surface area contributed by atoms with Gasteiger partial charge in [0.05, 0.1) is 11.1 Å². The minimum Gasteiger partial charge on any atom is -0.490 e. The van der Waals surface area contributed by atoms with Gasteiger partial charge < -0.3 is 9.47 Å². The average molecular weight is 380 g/mol. The molecule has 0 saturated carbocycles. The van der Waals surface area contributed by atoms with E-state index in [0.717, 1.165) is 16.6 Å². The number of ether oxygens (including phenoxy) is 2. The summed E-state index contributed by atoms with van der Waals surface area (Å²) in [5.74, 6) is 0.867. The summed E-state index contributed by atoms with van der Waals surface area (Å²) in [6, 6.07) is 6.24. The second-order valence-corrected chi connectivity index (χ2v) is 6.10. The Morgan fingerprint density at radius 1 is 1.28 bits per heavy atom. The Balaban J connectivity index is 2.60. The molecule has 0 heterocycles. The zero-order valence-electron chi connectivity index (χ0n) is 10.9. The van der Waals surface area contributed by atoms with Gasteiger partial charge in [0, 0.05) is 11.9 Å². The molecule has 1 unspecified atom stereocenters. The SMILES string of the molecule is CCCCC(Br)c1ccc(OCCOC)c(Br)c1. The van der Waals surface area contributed by atoms with Crippen molar-refractivity contribution >= 4 is 31.9 Å². The summed E-state index contributed by atoms with van der Waals surface area (Å²) in [6.45, 7) is 3.39. The van der Waals surface area contributed by atoms with E-state index >= 15 is 0 Å². The molecule has 1 atom stereocenters.